The molecule has 1 fully saturated rings. The summed E-state index contributed by atoms with van der Waals surface area (Å²) < 4.78 is 19.1. The fourth-order valence-corrected chi connectivity index (χ4v) is 2.20. The summed E-state index contributed by atoms with van der Waals surface area (Å²) in [5.41, 5.74) is -1.50. The largest absolute Gasteiger partial charge is 0.464 e. The van der Waals surface area contributed by atoms with Gasteiger partial charge < -0.3 is 9.64 Å². The highest BCUT2D eigenvalue weighted by Gasteiger charge is 2.44. The zero-order valence-corrected chi connectivity index (χ0v) is 11.3. The zero-order chi connectivity index (χ0) is 14.6. The number of esters is 1. The molecule has 1 aliphatic rings. The van der Waals surface area contributed by atoms with E-state index >= 15 is 0 Å². The molecular weight excluding hydrogens is 263 g/mol. The van der Waals surface area contributed by atoms with Crippen LogP contribution in [0.3, 0.4) is 0 Å². The van der Waals surface area contributed by atoms with Crippen LogP contribution in [0.5, 0.6) is 0 Å². The Morgan fingerprint density at radius 3 is 2.70 bits per heavy atom. The van der Waals surface area contributed by atoms with E-state index in [1.165, 1.54) is 11.1 Å². The summed E-state index contributed by atoms with van der Waals surface area (Å²) in [6, 6.07) is 3.34. The molecule has 2 heterocycles. The van der Waals surface area contributed by atoms with Crippen LogP contribution in [0.4, 0.5) is 4.39 Å². The lowest BCUT2D eigenvalue weighted by molar-refractivity contribution is -0.160. The van der Waals surface area contributed by atoms with Crippen molar-refractivity contribution >= 4 is 11.9 Å². The number of piperidine rings is 1. The first-order valence-electron chi connectivity index (χ1n) is 6.62. The quantitative estimate of drug-likeness (QED) is 0.789. The third-order valence-electron chi connectivity index (χ3n) is 3.39. The lowest BCUT2D eigenvalue weighted by Gasteiger charge is -2.34. The smallest absolute Gasteiger partial charge is 0.344 e. The van der Waals surface area contributed by atoms with E-state index in [1.54, 1.807) is 25.3 Å². The van der Waals surface area contributed by atoms with Gasteiger partial charge in [0.05, 0.1) is 12.2 Å². The second kappa shape index (κ2) is 5.98. The SMILES string of the molecule is CCOC(=O)C1(F)CCN(C(=O)c2cccnc2)CC1. The number of alkyl halides is 1. The van der Waals surface area contributed by atoms with Crippen molar-refractivity contribution in [2.45, 2.75) is 25.4 Å². The van der Waals surface area contributed by atoms with E-state index in [9.17, 15) is 14.0 Å². The fourth-order valence-electron chi connectivity index (χ4n) is 2.20. The van der Waals surface area contributed by atoms with Crippen molar-refractivity contribution in [1.82, 2.24) is 9.88 Å². The topological polar surface area (TPSA) is 59.5 Å². The van der Waals surface area contributed by atoms with Crippen molar-refractivity contribution in [3.8, 4) is 0 Å². The van der Waals surface area contributed by atoms with Crippen LogP contribution >= 0.6 is 0 Å². The van der Waals surface area contributed by atoms with E-state index in [-0.39, 0.29) is 38.4 Å². The Labute approximate surface area is 116 Å². The van der Waals surface area contributed by atoms with Gasteiger partial charge in [0.25, 0.3) is 5.91 Å². The standard InChI is InChI=1S/C14H17FN2O3/c1-2-20-13(19)14(15)5-8-17(9-6-14)12(18)11-4-3-7-16-10-11/h3-4,7,10H,2,5-6,8-9H2,1H3. The van der Waals surface area contributed by atoms with Crippen LogP contribution in [0, 0.1) is 0 Å². The number of amides is 1. The molecule has 0 atom stereocenters. The van der Waals surface area contributed by atoms with Gasteiger partial charge >= 0.3 is 5.97 Å². The second-order valence-electron chi connectivity index (χ2n) is 4.72. The number of hydrogen-bond donors (Lipinski definition) is 0. The Bertz CT molecular complexity index is 484. The molecule has 0 radical (unpaired) electrons. The van der Waals surface area contributed by atoms with Gasteiger partial charge in [-0.15, -0.1) is 0 Å². The summed E-state index contributed by atoms with van der Waals surface area (Å²) in [6.45, 7) is 2.19. The molecule has 108 valence electrons. The Kier molecular flexibility index (Phi) is 4.32. The maximum Gasteiger partial charge on any atom is 0.344 e. The van der Waals surface area contributed by atoms with Gasteiger partial charge in [0.1, 0.15) is 0 Å². The molecule has 5 nitrogen and oxygen atoms in total. The minimum absolute atomic E-state index is 0.0299. The number of aromatic nitrogens is 1. The van der Waals surface area contributed by atoms with E-state index in [0.717, 1.165) is 0 Å². The fraction of sp³-hybridized carbons (Fsp3) is 0.500. The van der Waals surface area contributed by atoms with Gasteiger partial charge in [0.2, 0.25) is 5.67 Å². The first-order valence-corrected chi connectivity index (χ1v) is 6.62. The second-order valence-corrected chi connectivity index (χ2v) is 4.72. The van der Waals surface area contributed by atoms with E-state index in [0.29, 0.717) is 5.56 Å². The lowest BCUT2D eigenvalue weighted by Crippen LogP contribution is -2.49. The monoisotopic (exact) mass is 280 g/mol. The van der Waals surface area contributed by atoms with Crippen molar-refractivity contribution in [1.29, 1.82) is 0 Å². The first kappa shape index (κ1) is 14.4. The molecular formula is C14H17FN2O3. The van der Waals surface area contributed by atoms with Crippen LogP contribution in [0.1, 0.15) is 30.1 Å². The third kappa shape index (κ3) is 2.95. The Hall–Kier alpha value is -1.98. The molecule has 1 amide bonds. The highest BCUT2D eigenvalue weighted by atomic mass is 19.1. The first-order chi connectivity index (χ1) is 9.57. The molecule has 0 bridgehead atoms. The highest BCUT2D eigenvalue weighted by Crippen LogP contribution is 2.28. The molecule has 0 N–H and O–H groups in total. The van der Waals surface area contributed by atoms with Gasteiger partial charge in [-0.2, -0.15) is 0 Å². The molecule has 0 aromatic carbocycles. The predicted octanol–water partition coefficient (Wildman–Crippen LogP) is 1.59. The van der Waals surface area contributed by atoms with Crippen molar-refractivity contribution in [2.24, 2.45) is 0 Å². The molecule has 20 heavy (non-hydrogen) atoms. The summed E-state index contributed by atoms with van der Waals surface area (Å²) in [7, 11) is 0. The summed E-state index contributed by atoms with van der Waals surface area (Å²) in [6.07, 6.45) is 3.00. The number of carbonyl (C=O) groups is 2. The third-order valence-corrected chi connectivity index (χ3v) is 3.39. The van der Waals surface area contributed by atoms with Gasteiger partial charge in [-0.3, -0.25) is 9.78 Å². The number of halogens is 1. The maximum absolute atomic E-state index is 14.4. The normalized spacial score (nSPS) is 17.6. The average molecular weight is 280 g/mol. The van der Waals surface area contributed by atoms with Crippen molar-refractivity contribution < 1.29 is 18.7 Å². The van der Waals surface area contributed by atoms with Gasteiger partial charge in [0, 0.05) is 38.3 Å². The number of likely N-dealkylation sites (tertiary alicyclic amines) is 1. The van der Waals surface area contributed by atoms with E-state index in [4.69, 9.17) is 4.74 Å². The summed E-state index contributed by atoms with van der Waals surface area (Å²) in [5.74, 6) is -1.02. The molecule has 0 aliphatic carbocycles. The van der Waals surface area contributed by atoms with Crippen LogP contribution in [0.15, 0.2) is 24.5 Å². The minimum atomic E-state index is -1.97. The van der Waals surface area contributed by atoms with E-state index < -0.39 is 11.6 Å². The van der Waals surface area contributed by atoms with Crippen LogP contribution in [-0.4, -0.2) is 47.1 Å². The summed E-state index contributed by atoms with van der Waals surface area (Å²) >= 11 is 0. The highest BCUT2D eigenvalue weighted by molar-refractivity contribution is 5.94. The number of pyridine rings is 1. The molecule has 2 rings (SSSR count). The molecule has 1 aliphatic heterocycles. The number of hydrogen-bond acceptors (Lipinski definition) is 4. The zero-order valence-electron chi connectivity index (χ0n) is 11.3. The summed E-state index contributed by atoms with van der Waals surface area (Å²) in [5, 5.41) is 0. The molecule has 0 saturated carbocycles. The molecule has 0 unspecified atom stereocenters. The van der Waals surface area contributed by atoms with E-state index in [2.05, 4.69) is 4.98 Å². The predicted molar refractivity (Wildman–Crippen MR) is 69.8 cm³/mol. The number of rotatable bonds is 3. The van der Waals surface area contributed by atoms with Gasteiger partial charge in [-0.05, 0) is 19.1 Å². The number of ether oxygens (including phenoxy) is 1. The van der Waals surface area contributed by atoms with E-state index in [1.807, 2.05) is 0 Å². The van der Waals surface area contributed by atoms with Crippen molar-refractivity contribution in [2.75, 3.05) is 19.7 Å². The maximum atomic E-state index is 14.4. The minimum Gasteiger partial charge on any atom is -0.464 e. The lowest BCUT2D eigenvalue weighted by atomic mass is 9.93. The van der Waals surface area contributed by atoms with Crippen molar-refractivity contribution in [3.05, 3.63) is 30.1 Å². The van der Waals surface area contributed by atoms with Crippen molar-refractivity contribution in [3.63, 3.8) is 0 Å². The Morgan fingerprint density at radius 2 is 2.15 bits per heavy atom. The van der Waals surface area contributed by atoms with Crippen LogP contribution in [0.25, 0.3) is 0 Å². The number of nitrogens with zero attached hydrogens (tertiary/aromatic N) is 2. The molecule has 1 aromatic heterocycles. The van der Waals surface area contributed by atoms with Gasteiger partial charge in [-0.25, -0.2) is 9.18 Å². The average Bonchev–Trinajstić information content (AvgIpc) is 2.48. The van der Waals surface area contributed by atoms with Crippen LogP contribution in [0.2, 0.25) is 0 Å². The molecule has 0 spiro atoms. The van der Waals surface area contributed by atoms with Gasteiger partial charge in [-0.1, -0.05) is 0 Å². The Morgan fingerprint density at radius 1 is 1.45 bits per heavy atom. The Balaban J connectivity index is 1.98. The van der Waals surface area contributed by atoms with Gasteiger partial charge in [0.15, 0.2) is 0 Å². The molecule has 1 saturated heterocycles. The number of carbonyl (C=O) groups excluding carboxylic acids is 2. The molecule has 6 heteroatoms. The van der Waals surface area contributed by atoms with Crippen LogP contribution in [-0.2, 0) is 9.53 Å². The summed E-state index contributed by atoms with van der Waals surface area (Å²) in [4.78, 5) is 29.1. The molecule has 1 aromatic rings. The van der Waals surface area contributed by atoms with Crippen LogP contribution < -0.4 is 0 Å².